The van der Waals surface area contributed by atoms with Crippen LogP contribution in [0.4, 0.5) is 4.79 Å². The Balaban J connectivity index is 5.06. The molecule has 0 N–H and O–H groups in total. The summed E-state index contributed by atoms with van der Waals surface area (Å²) in [6.07, 6.45) is 1.45. The van der Waals surface area contributed by atoms with E-state index in [-0.39, 0.29) is 23.8 Å². The minimum Gasteiger partial charge on any atom is -0.444 e. The fraction of sp³-hybridized carbons (Fsp3) is 0.733. The van der Waals surface area contributed by atoms with Crippen LogP contribution in [0.15, 0.2) is 11.6 Å². The summed E-state index contributed by atoms with van der Waals surface area (Å²) in [5, 5.41) is 0. The lowest BCUT2D eigenvalue weighted by Crippen LogP contribution is -2.42. The van der Waals surface area contributed by atoms with Crippen molar-refractivity contribution in [2.45, 2.75) is 60.1 Å². The molecule has 0 aromatic heterocycles. The number of likely N-dealkylation sites (N-methyl/N-ethyl adjacent to an activating group) is 1. The second-order valence-corrected chi connectivity index (χ2v) is 6.23. The van der Waals surface area contributed by atoms with E-state index in [0.717, 1.165) is 0 Å². The average Bonchev–Trinajstić information content (AvgIpc) is 2.21. The van der Waals surface area contributed by atoms with Crippen molar-refractivity contribution in [3.05, 3.63) is 11.6 Å². The van der Waals surface area contributed by atoms with Gasteiger partial charge in [0, 0.05) is 7.05 Å². The Morgan fingerprint density at radius 1 is 1.16 bits per heavy atom. The first kappa shape index (κ1) is 17.7. The highest BCUT2D eigenvalue weighted by Crippen LogP contribution is 2.17. The molecule has 0 heterocycles. The summed E-state index contributed by atoms with van der Waals surface area (Å²) >= 11 is 0. The molecule has 0 radical (unpaired) electrons. The lowest BCUT2D eigenvalue weighted by Gasteiger charge is -2.31. The van der Waals surface area contributed by atoms with Gasteiger partial charge in [0.05, 0.1) is 6.04 Å². The quantitative estimate of drug-likeness (QED) is 0.735. The molecule has 0 bridgehead atoms. The zero-order chi connectivity index (χ0) is 15.4. The molecule has 1 atom stereocenters. The Morgan fingerprint density at radius 3 is 1.95 bits per heavy atom. The molecule has 0 aromatic rings. The van der Waals surface area contributed by atoms with Gasteiger partial charge in [-0.25, -0.2) is 4.79 Å². The van der Waals surface area contributed by atoms with Crippen molar-refractivity contribution in [2.75, 3.05) is 7.05 Å². The van der Waals surface area contributed by atoms with Crippen LogP contribution in [0.2, 0.25) is 0 Å². The molecule has 0 aliphatic heterocycles. The molecule has 0 aromatic carbocycles. The van der Waals surface area contributed by atoms with Crippen molar-refractivity contribution in [1.82, 2.24) is 4.90 Å². The van der Waals surface area contributed by atoms with Gasteiger partial charge >= 0.3 is 6.09 Å². The summed E-state index contributed by atoms with van der Waals surface area (Å²) in [6.45, 7) is 12.8. The molecular weight excluding hydrogens is 242 g/mol. The highest BCUT2D eigenvalue weighted by Gasteiger charge is 2.26. The van der Waals surface area contributed by atoms with Gasteiger partial charge < -0.3 is 9.64 Å². The van der Waals surface area contributed by atoms with E-state index in [2.05, 4.69) is 0 Å². The summed E-state index contributed by atoms with van der Waals surface area (Å²) < 4.78 is 5.35. The summed E-state index contributed by atoms with van der Waals surface area (Å²) in [7, 11) is 1.70. The molecule has 0 rings (SSSR count). The first-order valence-electron chi connectivity index (χ1n) is 6.61. The Kier molecular flexibility index (Phi) is 6.27. The molecular formula is C15H27NO3. The molecule has 1 amide bonds. The molecule has 0 aliphatic rings. The number of carbonyl (C=O) groups is 2. The van der Waals surface area contributed by atoms with Crippen molar-refractivity contribution in [2.24, 2.45) is 5.92 Å². The molecule has 110 valence electrons. The van der Waals surface area contributed by atoms with E-state index in [1.54, 1.807) is 18.9 Å². The fourth-order valence-electron chi connectivity index (χ4n) is 1.58. The summed E-state index contributed by atoms with van der Waals surface area (Å²) in [5.41, 5.74) is 0.140. The van der Waals surface area contributed by atoms with Crippen LogP contribution in [-0.4, -0.2) is 35.5 Å². The minimum atomic E-state index is -0.522. The maximum Gasteiger partial charge on any atom is 0.410 e. The van der Waals surface area contributed by atoms with Crippen molar-refractivity contribution in [3.63, 3.8) is 0 Å². The molecule has 0 saturated carbocycles. The number of allylic oxidation sites excluding steroid dienone is 1. The lowest BCUT2D eigenvalue weighted by atomic mass is 9.99. The maximum absolute atomic E-state index is 12.0. The van der Waals surface area contributed by atoms with Crippen molar-refractivity contribution >= 4 is 11.9 Å². The second-order valence-electron chi connectivity index (χ2n) is 6.23. The molecule has 19 heavy (non-hydrogen) atoms. The van der Waals surface area contributed by atoms with Crippen LogP contribution >= 0.6 is 0 Å². The first-order valence-corrected chi connectivity index (χ1v) is 6.61. The van der Waals surface area contributed by atoms with Gasteiger partial charge in [0.15, 0.2) is 5.78 Å². The number of carbonyl (C=O) groups excluding carboxylic acids is 2. The van der Waals surface area contributed by atoms with E-state index in [4.69, 9.17) is 4.74 Å². The average molecular weight is 269 g/mol. The Hall–Kier alpha value is -1.32. The van der Waals surface area contributed by atoms with Crippen LogP contribution in [0.3, 0.4) is 0 Å². The molecule has 4 nitrogen and oxygen atoms in total. The van der Waals surface area contributed by atoms with Crippen LogP contribution in [0, 0.1) is 5.92 Å². The highest BCUT2D eigenvalue weighted by molar-refractivity contribution is 5.92. The second kappa shape index (κ2) is 6.73. The normalized spacial score (nSPS) is 14.3. The molecule has 4 heteroatoms. The Morgan fingerprint density at radius 2 is 1.63 bits per heavy atom. The van der Waals surface area contributed by atoms with E-state index in [1.165, 1.54) is 6.92 Å². The van der Waals surface area contributed by atoms with Gasteiger partial charge in [-0.15, -0.1) is 0 Å². The van der Waals surface area contributed by atoms with Gasteiger partial charge in [-0.1, -0.05) is 19.9 Å². The number of ether oxygens (including phenoxy) is 1. The Labute approximate surface area is 116 Å². The van der Waals surface area contributed by atoms with Gasteiger partial charge in [-0.05, 0) is 46.1 Å². The van der Waals surface area contributed by atoms with Crippen LogP contribution in [0.1, 0.15) is 48.5 Å². The van der Waals surface area contributed by atoms with E-state index < -0.39 is 5.60 Å². The lowest BCUT2D eigenvalue weighted by molar-refractivity contribution is -0.113. The fourth-order valence-corrected chi connectivity index (χ4v) is 1.58. The Bertz CT molecular complexity index is 364. The zero-order valence-electron chi connectivity index (χ0n) is 13.4. The number of hydrogen-bond acceptors (Lipinski definition) is 3. The molecule has 0 aliphatic carbocycles. The van der Waals surface area contributed by atoms with Gasteiger partial charge in [0.1, 0.15) is 5.60 Å². The summed E-state index contributed by atoms with van der Waals surface area (Å²) in [4.78, 5) is 24.9. The predicted octanol–water partition coefficient (Wildman–Crippen LogP) is 3.41. The standard InChI is InChI=1S/C15H27NO3/c1-10(2)13(9-11(3)12(4)17)16(8)14(18)19-15(5,6)7/h9-10,13H,1-8H3/b11-9+. The SMILES string of the molecule is CC(=O)/C(C)=C/C(C(C)C)N(C)C(=O)OC(C)(C)C. The van der Waals surface area contributed by atoms with Crippen LogP contribution < -0.4 is 0 Å². The third-order valence-electron chi connectivity index (χ3n) is 2.79. The zero-order valence-corrected chi connectivity index (χ0v) is 13.4. The third-order valence-corrected chi connectivity index (χ3v) is 2.79. The number of Topliss-reactive ketones (excluding diaryl/α,β-unsaturated/α-hetero) is 1. The summed E-state index contributed by atoms with van der Waals surface area (Å²) in [6, 6.07) is -0.154. The monoisotopic (exact) mass is 269 g/mol. The van der Waals surface area contributed by atoms with E-state index >= 15 is 0 Å². The number of rotatable bonds is 4. The smallest absolute Gasteiger partial charge is 0.410 e. The minimum absolute atomic E-state index is 0.0169. The summed E-state index contributed by atoms with van der Waals surface area (Å²) in [5.74, 6) is 0.218. The predicted molar refractivity (Wildman–Crippen MR) is 77.1 cm³/mol. The van der Waals surface area contributed by atoms with E-state index in [0.29, 0.717) is 5.57 Å². The number of ketones is 1. The van der Waals surface area contributed by atoms with Crippen molar-refractivity contribution in [3.8, 4) is 0 Å². The largest absolute Gasteiger partial charge is 0.444 e. The number of amides is 1. The molecule has 0 saturated heterocycles. The van der Waals surface area contributed by atoms with Crippen LogP contribution in [0.5, 0.6) is 0 Å². The maximum atomic E-state index is 12.0. The van der Waals surface area contributed by atoms with Gasteiger partial charge in [0.2, 0.25) is 0 Å². The number of nitrogens with zero attached hydrogens (tertiary/aromatic N) is 1. The highest BCUT2D eigenvalue weighted by atomic mass is 16.6. The van der Waals surface area contributed by atoms with Gasteiger partial charge in [-0.2, -0.15) is 0 Å². The van der Waals surface area contributed by atoms with Crippen molar-refractivity contribution < 1.29 is 14.3 Å². The van der Waals surface area contributed by atoms with Crippen molar-refractivity contribution in [1.29, 1.82) is 0 Å². The van der Waals surface area contributed by atoms with Crippen LogP contribution in [0.25, 0.3) is 0 Å². The first-order chi connectivity index (χ1) is 8.45. The topological polar surface area (TPSA) is 46.6 Å². The van der Waals surface area contributed by atoms with Gasteiger partial charge in [-0.3, -0.25) is 4.79 Å². The van der Waals surface area contributed by atoms with E-state index in [1.807, 2.05) is 40.7 Å². The van der Waals surface area contributed by atoms with Crippen LogP contribution in [-0.2, 0) is 9.53 Å². The van der Waals surface area contributed by atoms with Gasteiger partial charge in [0.25, 0.3) is 0 Å². The molecule has 0 spiro atoms. The third kappa shape index (κ3) is 6.41. The molecule has 1 unspecified atom stereocenters. The number of hydrogen-bond donors (Lipinski definition) is 0. The molecule has 0 fully saturated rings. The van der Waals surface area contributed by atoms with E-state index in [9.17, 15) is 9.59 Å².